The summed E-state index contributed by atoms with van der Waals surface area (Å²) < 4.78 is 7.38. The van der Waals surface area contributed by atoms with Crippen molar-refractivity contribution < 1.29 is 4.52 Å². The van der Waals surface area contributed by atoms with Crippen LogP contribution in [0.25, 0.3) is 11.5 Å². The van der Waals surface area contributed by atoms with Crippen molar-refractivity contribution in [2.24, 2.45) is 7.05 Å². The lowest BCUT2D eigenvalue weighted by Crippen LogP contribution is -2.34. The number of piperidine rings is 1. The van der Waals surface area contributed by atoms with E-state index in [0.29, 0.717) is 24.2 Å². The summed E-state index contributed by atoms with van der Waals surface area (Å²) in [7, 11) is 2.01. The molecule has 0 saturated carbocycles. The Bertz CT molecular complexity index is 796. The lowest BCUT2D eigenvalue weighted by Gasteiger charge is -2.31. The summed E-state index contributed by atoms with van der Waals surface area (Å²) in [6.07, 6.45) is 5.95. The molecule has 4 heterocycles. The van der Waals surface area contributed by atoms with E-state index in [4.69, 9.17) is 4.52 Å². The normalized spacial score (nSPS) is 18.8. The Labute approximate surface area is 140 Å². The minimum Gasteiger partial charge on any atom is -0.337 e. The summed E-state index contributed by atoms with van der Waals surface area (Å²) in [6, 6.07) is 7.78. The molecule has 1 aliphatic heterocycles. The van der Waals surface area contributed by atoms with Crippen LogP contribution in [0.5, 0.6) is 0 Å². The van der Waals surface area contributed by atoms with Gasteiger partial charge in [0.05, 0.1) is 6.54 Å². The van der Waals surface area contributed by atoms with Crippen molar-refractivity contribution in [1.29, 1.82) is 0 Å². The fourth-order valence-electron chi connectivity index (χ4n) is 3.33. The maximum atomic E-state index is 5.41. The van der Waals surface area contributed by atoms with Crippen molar-refractivity contribution in [3.63, 3.8) is 0 Å². The van der Waals surface area contributed by atoms with E-state index in [1.807, 2.05) is 36.1 Å². The molecule has 7 heteroatoms. The zero-order valence-electron chi connectivity index (χ0n) is 13.7. The number of aryl methyl sites for hydroxylation is 1. The molecule has 7 nitrogen and oxygen atoms in total. The molecule has 1 saturated heterocycles. The number of aromatic nitrogens is 5. The van der Waals surface area contributed by atoms with Gasteiger partial charge in [-0.1, -0.05) is 11.2 Å². The van der Waals surface area contributed by atoms with E-state index in [2.05, 4.69) is 31.2 Å². The molecule has 0 amide bonds. The Morgan fingerprint density at radius 1 is 1.25 bits per heavy atom. The van der Waals surface area contributed by atoms with Crippen LogP contribution in [0.1, 0.15) is 30.3 Å². The third kappa shape index (κ3) is 3.07. The van der Waals surface area contributed by atoms with E-state index in [1.54, 1.807) is 6.20 Å². The van der Waals surface area contributed by atoms with Gasteiger partial charge in [-0.15, -0.1) is 0 Å². The van der Waals surface area contributed by atoms with E-state index in [9.17, 15) is 0 Å². The average molecular weight is 324 g/mol. The van der Waals surface area contributed by atoms with E-state index in [0.717, 1.165) is 25.2 Å². The van der Waals surface area contributed by atoms with Crippen molar-refractivity contribution >= 4 is 0 Å². The van der Waals surface area contributed by atoms with Gasteiger partial charge in [-0.2, -0.15) is 10.1 Å². The molecular weight excluding hydrogens is 304 g/mol. The maximum Gasteiger partial charge on any atom is 0.241 e. The molecule has 124 valence electrons. The number of pyridine rings is 1. The predicted molar refractivity (Wildman–Crippen MR) is 88.0 cm³/mol. The van der Waals surface area contributed by atoms with Crippen molar-refractivity contribution in [3.8, 4) is 11.5 Å². The van der Waals surface area contributed by atoms with Crippen molar-refractivity contribution in [3.05, 3.63) is 48.2 Å². The summed E-state index contributed by atoms with van der Waals surface area (Å²) >= 11 is 0. The lowest BCUT2D eigenvalue weighted by atomic mass is 9.95. The van der Waals surface area contributed by atoms with E-state index in [-0.39, 0.29) is 0 Å². The third-order valence-electron chi connectivity index (χ3n) is 4.50. The monoisotopic (exact) mass is 324 g/mol. The summed E-state index contributed by atoms with van der Waals surface area (Å²) in [4.78, 5) is 11.1. The molecular formula is C17H20N6O. The molecule has 1 unspecified atom stereocenters. The zero-order chi connectivity index (χ0) is 16.4. The Balaban J connectivity index is 1.44. The molecule has 0 radical (unpaired) electrons. The first-order valence-corrected chi connectivity index (χ1v) is 8.24. The predicted octanol–water partition coefficient (Wildman–Crippen LogP) is 2.24. The highest BCUT2D eigenvalue weighted by molar-refractivity contribution is 5.46. The number of nitrogens with zero attached hydrogens (tertiary/aromatic N) is 6. The van der Waals surface area contributed by atoms with Gasteiger partial charge in [0.15, 0.2) is 0 Å². The maximum absolute atomic E-state index is 5.41. The largest absolute Gasteiger partial charge is 0.337 e. The van der Waals surface area contributed by atoms with Gasteiger partial charge in [0.1, 0.15) is 5.69 Å². The fourth-order valence-corrected chi connectivity index (χ4v) is 3.33. The summed E-state index contributed by atoms with van der Waals surface area (Å²) in [5.41, 5.74) is 2.03. The molecule has 1 fully saturated rings. The highest BCUT2D eigenvalue weighted by Gasteiger charge is 2.24. The second-order valence-corrected chi connectivity index (χ2v) is 6.18. The topological polar surface area (TPSA) is 72.9 Å². The van der Waals surface area contributed by atoms with Gasteiger partial charge in [0.25, 0.3) is 0 Å². The Kier molecular flexibility index (Phi) is 4.08. The number of likely N-dealkylation sites (tertiary alicyclic amines) is 1. The Morgan fingerprint density at radius 3 is 3.00 bits per heavy atom. The van der Waals surface area contributed by atoms with Gasteiger partial charge >= 0.3 is 0 Å². The second kappa shape index (κ2) is 6.52. The summed E-state index contributed by atoms with van der Waals surface area (Å²) in [5, 5.41) is 8.33. The van der Waals surface area contributed by atoms with Crippen LogP contribution in [0.2, 0.25) is 0 Å². The lowest BCUT2D eigenvalue weighted by molar-refractivity contribution is 0.174. The number of hydrogen-bond donors (Lipinski definition) is 0. The molecule has 0 aromatic carbocycles. The van der Waals surface area contributed by atoms with Crippen LogP contribution in [0.3, 0.4) is 0 Å². The minimum absolute atomic E-state index is 0.504. The van der Waals surface area contributed by atoms with Crippen LogP contribution in [-0.4, -0.2) is 42.9 Å². The van der Waals surface area contributed by atoms with E-state index >= 15 is 0 Å². The highest BCUT2D eigenvalue weighted by atomic mass is 16.5. The zero-order valence-corrected chi connectivity index (χ0v) is 13.7. The first-order chi connectivity index (χ1) is 11.8. The first kappa shape index (κ1) is 15.0. The minimum atomic E-state index is 0.504. The summed E-state index contributed by atoms with van der Waals surface area (Å²) in [6.45, 7) is 2.71. The SMILES string of the molecule is Cn1nccc1C1CCCN(Cc2nc(-c3ccccn3)no2)C1. The van der Waals surface area contributed by atoms with E-state index in [1.165, 1.54) is 12.1 Å². The van der Waals surface area contributed by atoms with Gasteiger partial charge < -0.3 is 4.52 Å². The smallest absolute Gasteiger partial charge is 0.241 e. The number of rotatable bonds is 4. The van der Waals surface area contributed by atoms with Gasteiger partial charge in [0.2, 0.25) is 11.7 Å². The van der Waals surface area contributed by atoms with Crippen LogP contribution in [0, 0.1) is 0 Å². The van der Waals surface area contributed by atoms with E-state index < -0.39 is 0 Å². The van der Waals surface area contributed by atoms with Gasteiger partial charge in [-0.05, 0) is 37.6 Å². The van der Waals surface area contributed by atoms with Crippen LogP contribution in [0.15, 0.2) is 41.2 Å². The molecule has 3 aromatic heterocycles. The fraction of sp³-hybridized carbons (Fsp3) is 0.412. The van der Waals surface area contributed by atoms with Crippen molar-refractivity contribution in [2.45, 2.75) is 25.3 Å². The van der Waals surface area contributed by atoms with Crippen molar-refractivity contribution in [2.75, 3.05) is 13.1 Å². The number of hydrogen-bond acceptors (Lipinski definition) is 6. The molecule has 1 aliphatic rings. The van der Waals surface area contributed by atoms with Crippen LogP contribution in [-0.2, 0) is 13.6 Å². The molecule has 24 heavy (non-hydrogen) atoms. The molecule has 0 N–H and O–H groups in total. The highest BCUT2D eigenvalue weighted by Crippen LogP contribution is 2.27. The van der Waals surface area contributed by atoms with Gasteiger partial charge in [-0.25, -0.2) is 0 Å². The Hall–Kier alpha value is -2.54. The van der Waals surface area contributed by atoms with Gasteiger partial charge in [0, 0.05) is 37.6 Å². The molecule has 3 aromatic rings. The molecule has 4 rings (SSSR count). The third-order valence-corrected chi connectivity index (χ3v) is 4.50. The molecule has 0 spiro atoms. The summed E-state index contributed by atoms with van der Waals surface area (Å²) in [5.74, 6) is 1.69. The quantitative estimate of drug-likeness (QED) is 0.733. The van der Waals surface area contributed by atoms with Crippen LogP contribution >= 0.6 is 0 Å². The molecule has 0 aliphatic carbocycles. The molecule has 1 atom stereocenters. The van der Waals surface area contributed by atoms with Crippen LogP contribution in [0.4, 0.5) is 0 Å². The Morgan fingerprint density at radius 2 is 2.21 bits per heavy atom. The molecule has 0 bridgehead atoms. The average Bonchev–Trinajstić information content (AvgIpc) is 3.25. The van der Waals surface area contributed by atoms with Crippen molar-refractivity contribution in [1.82, 2.24) is 29.8 Å². The first-order valence-electron chi connectivity index (χ1n) is 8.24. The van der Waals surface area contributed by atoms with Gasteiger partial charge in [-0.3, -0.25) is 14.6 Å². The standard InChI is InChI=1S/C17H20N6O/c1-22-15(7-9-19-22)13-5-4-10-23(11-13)12-16-20-17(21-24-16)14-6-2-3-8-18-14/h2-3,6-9,13H,4-5,10-12H2,1H3. The van der Waals surface area contributed by atoms with Crippen LogP contribution < -0.4 is 0 Å². The second-order valence-electron chi connectivity index (χ2n) is 6.18.